The predicted molar refractivity (Wildman–Crippen MR) is 91.3 cm³/mol. The minimum atomic E-state index is -0.515. The highest BCUT2D eigenvalue weighted by Crippen LogP contribution is 2.33. The summed E-state index contributed by atoms with van der Waals surface area (Å²) in [5, 5.41) is 2.92. The largest absolute Gasteiger partial charge is 0.493 e. The van der Waals surface area contributed by atoms with E-state index in [0.29, 0.717) is 13.0 Å². The maximum atomic E-state index is 12.0. The van der Waals surface area contributed by atoms with E-state index in [1.807, 2.05) is 39.0 Å². The molecule has 23 heavy (non-hydrogen) atoms. The molecular weight excluding hydrogens is 292 g/mol. The number of allylic oxidation sites excluding steroid dienone is 1. The lowest BCUT2D eigenvalue weighted by atomic mass is 9.97. The number of benzene rings is 1. The number of carbonyl (C=O) groups is 1. The fraction of sp³-hybridized carbons (Fsp3) is 0.444. The summed E-state index contributed by atoms with van der Waals surface area (Å²) in [6.07, 6.45) is 2.00. The topological polar surface area (TPSA) is 59.9 Å². The van der Waals surface area contributed by atoms with Gasteiger partial charge in [0.05, 0.1) is 18.4 Å². The summed E-state index contributed by atoms with van der Waals surface area (Å²) in [6, 6.07) is 5.73. The van der Waals surface area contributed by atoms with Crippen LogP contribution in [0.1, 0.15) is 44.4 Å². The third-order valence-electron chi connectivity index (χ3n) is 3.47. The van der Waals surface area contributed by atoms with E-state index < -0.39 is 11.7 Å². The Morgan fingerprint density at radius 2 is 2.22 bits per heavy atom. The van der Waals surface area contributed by atoms with Crippen molar-refractivity contribution in [1.82, 2.24) is 5.32 Å². The summed E-state index contributed by atoms with van der Waals surface area (Å²) < 4.78 is 11.1. The first kappa shape index (κ1) is 17.1. The van der Waals surface area contributed by atoms with Crippen molar-refractivity contribution in [3.05, 3.63) is 42.0 Å². The number of aliphatic imine (C=N–C) groups is 1. The lowest BCUT2D eigenvalue weighted by molar-refractivity contribution is 0.0491. The third-order valence-corrected chi connectivity index (χ3v) is 3.47. The second-order valence-corrected chi connectivity index (χ2v) is 6.40. The monoisotopic (exact) mass is 316 g/mol. The number of fused-ring (bicyclic) bond motifs is 1. The van der Waals surface area contributed by atoms with Crippen LogP contribution < -0.4 is 10.1 Å². The van der Waals surface area contributed by atoms with Crippen molar-refractivity contribution in [2.45, 2.75) is 38.8 Å². The van der Waals surface area contributed by atoms with E-state index in [-0.39, 0.29) is 6.04 Å². The molecule has 0 radical (unpaired) electrons. The molecule has 0 fully saturated rings. The van der Waals surface area contributed by atoms with Gasteiger partial charge in [-0.25, -0.2) is 4.79 Å². The van der Waals surface area contributed by atoms with Gasteiger partial charge in [-0.1, -0.05) is 18.7 Å². The average Bonchev–Trinajstić information content (AvgIpc) is 2.46. The SMILES string of the molecule is C=C/C(=N\C)c1ccc2c(c1)OCCC2NC(=O)OC(C)(C)C. The van der Waals surface area contributed by atoms with Crippen molar-refractivity contribution in [3.8, 4) is 5.75 Å². The van der Waals surface area contributed by atoms with Crippen molar-refractivity contribution in [2.75, 3.05) is 13.7 Å². The van der Waals surface area contributed by atoms with Crippen LogP contribution in [0.15, 0.2) is 35.8 Å². The van der Waals surface area contributed by atoms with Crippen molar-refractivity contribution >= 4 is 11.8 Å². The van der Waals surface area contributed by atoms with Crippen molar-refractivity contribution in [2.24, 2.45) is 4.99 Å². The summed E-state index contributed by atoms with van der Waals surface area (Å²) >= 11 is 0. The van der Waals surface area contributed by atoms with Gasteiger partial charge in [0, 0.05) is 24.6 Å². The van der Waals surface area contributed by atoms with Gasteiger partial charge in [0.25, 0.3) is 0 Å². The minimum absolute atomic E-state index is 0.117. The normalized spacial score (nSPS) is 17.7. The van der Waals surface area contributed by atoms with E-state index in [9.17, 15) is 4.79 Å². The van der Waals surface area contributed by atoms with Crippen molar-refractivity contribution in [1.29, 1.82) is 0 Å². The highest BCUT2D eigenvalue weighted by molar-refractivity contribution is 6.08. The van der Waals surface area contributed by atoms with Crippen molar-refractivity contribution in [3.63, 3.8) is 0 Å². The van der Waals surface area contributed by atoms with Gasteiger partial charge < -0.3 is 14.8 Å². The molecule has 1 aromatic rings. The van der Waals surface area contributed by atoms with Gasteiger partial charge in [-0.15, -0.1) is 0 Å². The van der Waals surface area contributed by atoms with E-state index in [0.717, 1.165) is 22.6 Å². The van der Waals surface area contributed by atoms with Gasteiger partial charge in [0.2, 0.25) is 0 Å². The zero-order valence-corrected chi connectivity index (χ0v) is 14.2. The highest BCUT2D eigenvalue weighted by atomic mass is 16.6. The summed E-state index contributed by atoms with van der Waals surface area (Å²) in [5.74, 6) is 0.762. The molecule has 1 aliphatic heterocycles. The van der Waals surface area contributed by atoms with Crippen LogP contribution in [0.4, 0.5) is 4.79 Å². The first-order valence-electron chi connectivity index (χ1n) is 7.70. The summed E-state index contributed by atoms with van der Waals surface area (Å²) in [7, 11) is 1.73. The van der Waals surface area contributed by atoms with Crippen LogP contribution in [0.25, 0.3) is 0 Å². The van der Waals surface area contributed by atoms with E-state index in [1.165, 1.54) is 0 Å². The summed E-state index contributed by atoms with van der Waals surface area (Å²) in [6.45, 7) is 9.84. The Hall–Kier alpha value is -2.30. The Morgan fingerprint density at radius 1 is 1.48 bits per heavy atom. The van der Waals surface area contributed by atoms with Crippen molar-refractivity contribution < 1.29 is 14.3 Å². The summed E-state index contributed by atoms with van der Waals surface area (Å²) in [4.78, 5) is 16.2. The molecule has 0 saturated heterocycles. The molecule has 0 saturated carbocycles. The number of rotatable bonds is 3. The Kier molecular flexibility index (Phi) is 5.08. The molecule has 1 aliphatic rings. The number of amides is 1. The van der Waals surface area contributed by atoms with Crippen LogP contribution in [-0.2, 0) is 4.74 Å². The van der Waals surface area contributed by atoms with Crippen LogP contribution >= 0.6 is 0 Å². The number of hydrogen-bond acceptors (Lipinski definition) is 4. The van der Waals surface area contributed by atoms with Crippen LogP contribution in [-0.4, -0.2) is 31.1 Å². The zero-order valence-electron chi connectivity index (χ0n) is 14.2. The number of ether oxygens (including phenoxy) is 2. The molecule has 5 heteroatoms. The molecule has 1 N–H and O–H groups in total. The number of nitrogens with one attached hydrogen (secondary N) is 1. The molecule has 124 valence electrons. The third kappa shape index (κ3) is 4.34. The Balaban J connectivity index is 2.20. The number of alkyl carbamates (subject to hydrolysis) is 1. The average molecular weight is 316 g/mol. The zero-order chi connectivity index (χ0) is 17.0. The lowest BCUT2D eigenvalue weighted by Gasteiger charge is -2.28. The molecule has 0 aliphatic carbocycles. The first-order chi connectivity index (χ1) is 10.8. The Morgan fingerprint density at radius 3 is 2.83 bits per heavy atom. The maximum absolute atomic E-state index is 12.0. The van der Waals surface area contributed by atoms with Gasteiger partial charge in [0.1, 0.15) is 11.4 Å². The first-order valence-corrected chi connectivity index (χ1v) is 7.70. The Bertz CT molecular complexity index is 630. The second-order valence-electron chi connectivity index (χ2n) is 6.40. The highest BCUT2D eigenvalue weighted by Gasteiger charge is 2.26. The van der Waals surface area contributed by atoms with E-state index in [1.54, 1.807) is 13.1 Å². The van der Waals surface area contributed by atoms with E-state index in [4.69, 9.17) is 9.47 Å². The van der Waals surface area contributed by atoms with E-state index >= 15 is 0 Å². The molecule has 1 unspecified atom stereocenters. The van der Waals surface area contributed by atoms with Gasteiger partial charge >= 0.3 is 6.09 Å². The van der Waals surface area contributed by atoms with Crippen LogP contribution in [0.3, 0.4) is 0 Å². The smallest absolute Gasteiger partial charge is 0.408 e. The maximum Gasteiger partial charge on any atom is 0.408 e. The van der Waals surface area contributed by atoms with Gasteiger partial charge in [0.15, 0.2) is 0 Å². The van der Waals surface area contributed by atoms with Gasteiger partial charge in [-0.2, -0.15) is 0 Å². The van der Waals surface area contributed by atoms with E-state index in [2.05, 4.69) is 16.9 Å². The molecule has 1 atom stereocenters. The number of nitrogens with zero attached hydrogens (tertiary/aromatic N) is 1. The fourth-order valence-corrected chi connectivity index (χ4v) is 2.49. The molecule has 2 rings (SSSR count). The fourth-order valence-electron chi connectivity index (χ4n) is 2.49. The molecule has 5 nitrogen and oxygen atoms in total. The number of carbonyl (C=O) groups excluding carboxylic acids is 1. The van der Waals surface area contributed by atoms with Crippen LogP contribution in [0.5, 0.6) is 5.75 Å². The number of hydrogen-bond donors (Lipinski definition) is 1. The molecule has 0 spiro atoms. The quantitative estimate of drug-likeness (QED) is 0.866. The summed E-state index contributed by atoms with van der Waals surface area (Å²) in [5.41, 5.74) is 2.18. The van der Waals surface area contributed by atoms with Gasteiger partial charge in [-0.3, -0.25) is 4.99 Å². The second kappa shape index (κ2) is 6.86. The Labute approximate surface area is 137 Å². The molecule has 1 aromatic carbocycles. The molecule has 1 heterocycles. The lowest BCUT2D eigenvalue weighted by Crippen LogP contribution is -2.36. The molecule has 0 bridgehead atoms. The molecular formula is C18H24N2O3. The predicted octanol–water partition coefficient (Wildman–Crippen LogP) is 3.64. The van der Waals surface area contributed by atoms with Crippen LogP contribution in [0.2, 0.25) is 0 Å². The minimum Gasteiger partial charge on any atom is -0.493 e. The molecule has 1 amide bonds. The molecule has 0 aromatic heterocycles. The van der Waals surface area contributed by atoms with Crippen LogP contribution in [0, 0.1) is 0 Å². The standard InChI is InChI=1S/C18H24N2O3/c1-6-14(19-5)12-7-8-13-15(9-10-22-16(13)11-12)20-17(21)23-18(2,3)4/h6-8,11,15H,1,9-10H2,2-5H3,(H,20,21)/b19-14+. The van der Waals surface area contributed by atoms with Gasteiger partial charge in [-0.05, 0) is 32.9 Å².